The van der Waals surface area contributed by atoms with Gasteiger partial charge in [-0.05, 0) is 55.3 Å². The van der Waals surface area contributed by atoms with Gasteiger partial charge in [0.1, 0.15) is 5.82 Å². The number of likely N-dealkylation sites (N-methyl/N-ethyl adjacent to an activating group) is 1. The minimum atomic E-state index is -3.86. The Kier molecular flexibility index (Phi) is 5.99. The number of amides is 2. The number of halogens is 1. The van der Waals surface area contributed by atoms with Gasteiger partial charge in [-0.2, -0.15) is 0 Å². The first-order valence-electron chi connectivity index (χ1n) is 9.09. The molecule has 2 N–H and O–H groups in total. The molecule has 1 heterocycles. The van der Waals surface area contributed by atoms with Crippen molar-refractivity contribution >= 4 is 27.5 Å². The smallest absolute Gasteiger partial charge is 0.255 e. The van der Waals surface area contributed by atoms with E-state index in [2.05, 4.69) is 10.0 Å². The summed E-state index contributed by atoms with van der Waals surface area (Å²) in [6.07, 6.45) is 0.704. The molecule has 3 rings (SSSR count). The predicted molar refractivity (Wildman–Crippen MR) is 107 cm³/mol. The summed E-state index contributed by atoms with van der Waals surface area (Å²) in [6.45, 7) is 1.88. The first-order valence-corrected chi connectivity index (χ1v) is 10.6. The monoisotopic (exact) mass is 419 g/mol. The van der Waals surface area contributed by atoms with Gasteiger partial charge in [0.2, 0.25) is 15.9 Å². The molecular formula is C20H22FN3O4S. The summed E-state index contributed by atoms with van der Waals surface area (Å²) >= 11 is 0. The fourth-order valence-corrected chi connectivity index (χ4v) is 4.43. The lowest BCUT2D eigenvalue weighted by Crippen LogP contribution is -2.48. The van der Waals surface area contributed by atoms with Gasteiger partial charge in [0.15, 0.2) is 0 Å². The Labute approximate surface area is 169 Å². The van der Waals surface area contributed by atoms with Crippen LogP contribution in [0.2, 0.25) is 0 Å². The quantitative estimate of drug-likeness (QED) is 0.777. The second kappa shape index (κ2) is 8.30. The Bertz CT molecular complexity index is 1060. The third kappa shape index (κ3) is 4.99. The van der Waals surface area contributed by atoms with E-state index in [4.69, 9.17) is 0 Å². The van der Waals surface area contributed by atoms with Crippen molar-refractivity contribution in [3.8, 4) is 0 Å². The zero-order valence-corrected chi connectivity index (χ0v) is 16.9. The number of nitrogens with zero attached hydrogens (tertiary/aromatic N) is 1. The lowest BCUT2D eigenvalue weighted by molar-refractivity contribution is -0.132. The zero-order valence-electron chi connectivity index (χ0n) is 16.1. The number of hydrogen-bond acceptors (Lipinski definition) is 4. The van der Waals surface area contributed by atoms with Gasteiger partial charge in [0, 0.05) is 37.3 Å². The highest BCUT2D eigenvalue weighted by molar-refractivity contribution is 7.89. The Morgan fingerprint density at radius 3 is 2.66 bits per heavy atom. The summed E-state index contributed by atoms with van der Waals surface area (Å²) in [5.41, 5.74) is 0.959. The van der Waals surface area contributed by atoms with Gasteiger partial charge in [-0.3, -0.25) is 9.59 Å². The molecular weight excluding hydrogens is 397 g/mol. The van der Waals surface area contributed by atoms with E-state index in [9.17, 15) is 22.4 Å². The van der Waals surface area contributed by atoms with Gasteiger partial charge in [0.05, 0.1) is 4.90 Å². The molecule has 0 saturated carbocycles. The van der Waals surface area contributed by atoms with Gasteiger partial charge in [-0.1, -0.05) is 6.07 Å². The third-order valence-electron chi connectivity index (χ3n) is 4.77. The van der Waals surface area contributed by atoms with Crippen molar-refractivity contribution in [2.45, 2.75) is 30.7 Å². The molecule has 0 bridgehead atoms. The Morgan fingerprint density at radius 1 is 1.21 bits per heavy atom. The summed E-state index contributed by atoms with van der Waals surface area (Å²) in [4.78, 5) is 25.5. The normalized spacial score (nSPS) is 17.3. The SMILES string of the molecule is Cc1cc(NC(=O)c2cccc(S(=O)(=O)NC3CCC(=O)N(C)C3)c2)ccc1F. The number of rotatable bonds is 5. The van der Waals surface area contributed by atoms with Gasteiger partial charge in [-0.25, -0.2) is 17.5 Å². The van der Waals surface area contributed by atoms with E-state index in [1.165, 1.54) is 47.4 Å². The first kappa shape index (κ1) is 20.9. The summed E-state index contributed by atoms with van der Waals surface area (Å²) < 4.78 is 41.4. The van der Waals surface area contributed by atoms with Crippen molar-refractivity contribution in [1.82, 2.24) is 9.62 Å². The lowest BCUT2D eigenvalue weighted by atomic mass is 10.1. The first-order chi connectivity index (χ1) is 13.7. The number of sulfonamides is 1. The van der Waals surface area contributed by atoms with Crippen molar-refractivity contribution in [1.29, 1.82) is 0 Å². The molecule has 1 atom stereocenters. The Hall–Kier alpha value is -2.78. The van der Waals surface area contributed by atoms with E-state index in [1.54, 1.807) is 14.0 Å². The van der Waals surface area contributed by atoms with Crippen LogP contribution in [0.1, 0.15) is 28.8 Å². The number of likely N-dealkylation sites (tertiary alicyclic amines) is 1. The van der Waals surface area contributed by atoms with Crippen molar-refractivity contribution in [2.75, 3.05) is 18.9 Å². The maximum atomic E-state index is 13.4. The largest absolute Gasteiger partial charge is 0.344 e. The minimum absolute atomic E-state index is 0.0184. The molecule has 1 aliphatic rings. The number of anilines is 1. The van der Waals surface area contributed by atoms with E-state index in [0.29, 0.717) is 24.2 Å². The molecule has 0 aliphatic carbocycles. The van der Waals surface area contributed by atoms with Crippen LogP contribution in [0.4, 0.5) is 10.1 Å². The topological polar surface area (TPSA) is 95.6 Å². The summed E-state index contributed by atoms with van der Waals surface area (Å²) in [5.74, 6) is -0.900. The molecule has 2 aromatic carbocycles. The molecule has 0 aromatic heterocycles. The van der Waals surface area contributed by atoms with Gasteiger partial charge >= 0.3 is 0 Å². The van der Waals surface area contributed by atoms with Crippen molar-refractivity contribution < 1.29 is 22.4 Å². The number of carbonyl (C=O) groups is 2. The molecule has 1 saturated heterocycles. The molecule has 1 fully saturated rings. The maximum Gasteiger partial charge on any atom is 0.255 e. The van der Waals surface area contributed by atoms with Crippen LogP contribution in [0.15, 0.2) is 47.4 Å². The zero-order chi connectivity index (χ0) is 21.2. The van der Waals surface area contributed by atoms with Crippen LogP contribution < -0.4 is 10.0 Å². The highest BCUT2D eigenvalue weighted by Gasteiger charge is 2.27. The Balaban J connectivity index is 1.74. The van der Waals surface area contributed by atoms with Gasteiger partial charge in [0.25, 0.3) is 5.91 Å². The number of piperidine rings is 1. The molecule has 0 spiro atoms. The molecule has 0 radical (unpaired) electrons. The molecule has 2 amide bonds. The number of nitrogens with one attached hydrogen (secondary N) is 2. The fraction of sp³-hybridized carbons (Fsp3) is 0.300. The van der Waals surface area contributed by atoms with E-state index >= 15 is 0 Å². The van der Waals surface area contributed by atoms with Gasteiger partial charge < -0.3 is 10.2 Å². The number of aryl methyl sites for hydroxylation is 1. The summed E-state index contributed by atoms with van der Waals surface area (Å²) in [7, 11) is -2.23. The molecule has 1 aliphatic heterocycles. The van der Waals surface area contributed by atoms with Crippen molar-refractivity contribution in [2.24, 2.45) is 0 Å². The average molecular weight is 419 g/mol. The van der Waals surface area contributed by atoms with Crippen molar-refractivity contribution in [3.63, 3.8) is 0 Å². The maximum absolute atomic E-state index is 13.4. The lowest BCUT2D eigenvalue weighted by Gasteiger charge is -2.29. The van der Waals surface area contributed by atoms with Crippen LogP contribution in [-0.2, 0) is 14.8 Å². The minimum Gasteiger partial charge on any atom is -0.344 e. The molecule has 1 unspecified atom stereocenters. The Morgan fingerprint density at radius 2 is 1.97 bits per heavy atom. The van der Waals surface area contributed by atoms with Gasteiger partial charge in [-0.15, -0.1) is 0 Å². The highest BCUT2D eigenvalue weighted by atomic mass is 32.2. The predicted octanol–water partition coefficient (Wildman–Crippen LogP) is 2.29. The van der Waals surface area contributed by atoms with E-state index < -0.39 is 15.9 Å². The third-order valence-corrected chi connectivity index (χ3v) is 6.29. The van der Waals surface area contributed by atoms with E-state index in [0.717, 1.165) is 0 Å². The summed E-state index contributed by atoms with van der Waals surface area (Å²) in [5, 5.41) is 2.63. The molecule has 154 valence electrons. The fourth-order valence-electron chi connectivity index (χ4n) is 3.13. The second-order valence-electron chi connectivity index (χ2n) is 7.08. The number of hydrogen-bond donors (Lipinski definition) is 2. The van der Waals surface area contributed by atoms with E-state index in [-0.39, 0.29) is 34.6 Å². The standard InChI is InChI=1S/C20H22FN3O4S/c1-13-10-15(6-8-18(13)21)22-20(26)14-4-3-5-17(11-14)29(27,28)23-16-7-9-19(25)24(2)12-16/h3-6,8,10-11,16,23H,7,9,12H2,1-2H3,(H,22,26). The van der Waals surface area contributed by atoms with Crippen LogP contribution in [0.25, 0.3) is 0 Å². The molecule has 9 heteroatoms. The van der Waals surface area contributed by atoms with Crippen LogP contribution in [-0.4, -0.2) is 44.8 Å². The summed E-state index contributed by atoms with van der Waals surface area (Å²) in [6, 6.07) is 9.46. The molecule has 7 nitrogen and oxygen atoms in total. The van der Waals surface area contributed by atoms with Crippen LogP contribution in [0.3, 0.4) is 0 Å². The highest BCUT2D eigenvalue weighted by Crippen LogP contribution is 2.18. The van der Waals surface area contributed by atoms with Crippen molar-refractivity contribution in [3.05, 3.63) is 59.4 Å². The number of benzene rings is 2. The average Bonchev–Trinajstić information content (AvgIpc) is 2.67. The number of carbonyl (C=O) groups excluding carboxylic acids is 2. The molecule has 29 heavy (non-hydrogen) atoms. The van der Waals surface area contributed by atoms with Crippen LogP contribution in [0.5, 0.6) is 0 Å². The van der Waals surface area contributed by atoms with Crippen LogP contribution >= 0.6 is 0 Å². The molecule has 2 aromatic rings. The van der Waals surface area contributed by atoms with E-state index in [1.807, 2.05) is 0 Å². The second-order valence-corrected chi connectivity index (χ2v) is 8.79. The van der Waals surface area contributed by atoms with Crippen LogP contribution in [0, 0.1) is 12.7 Å².